The highest BCUT2D eigenvalue weighted by molar-refractivity contribution is 5.82. The van der Waals surface area contributed by atoms with Crippen LogP contribution in [0.2, 0.25) is 0 Å². The van der Waals surface area contributed by atoms with E-state index in [1.165, 1.54) is 0 Å². The summed E-state index contributed by atoms with van der Waals surface area (Å²) < 4.78 is 0. The van der Waals surface area contributed by atoms with E-state index < -0.39 is 12.1 Å². The summed E-state index contributed by atoms with van der Waals surface area (Å²) in [6, 6.07) is 2.37. The van der Waals surface area contributed by atoms with Crippen LogP contribution < -0.4 is 5.73 Å². The average molecular weight is 237 g/mol. The standard InChI is InChI=1S/C12H19N3O2/c1-3-15(4-2)12(17)10(13)11(16)9-5-7-14-8-6-9/h5-8,10-11,16H,3-4,13H2,1-2H3. The number of amides is 1. The predicted molar refractivity (Wildman–Crippen MR) is 65.1 cm³/mol. The van der Waals surface area contributed by atoms with Gasteiger partial charge in [-0.2, -0.15) is 0 Å². The Hall–Kier alpha value is -1.46. The number of likely N-dealkylation sites (N-methyl/N-ethyl adjacent to an activating group) is 1. The number of nitrogens with two attached hydrogens (primary N) is 1. The molecular formula is C12H19N3O2. The fraction of sp³-hybridized carbons (Fsp3) is 0.500. The average Bonchev–Trinajstić information content (AvgIpc) is 2.39. The summed E-state index contributed by atoms with van der Waals surface area (Å²) in [7, 11) is 0. The van der Waals surface area contributed by atoms with Crippen LogP contribution in [0.25, 0.3) is 0 Å². The minimum Gasteiger partial charge on any atom is -0.386 e. The molecule has 0 spiro atoms. The van der Waals surface area contributed by atoms with Crippen molar-refractivity contribution in [2.24, 2.45) is 5.73 Å². The van der Waals surface area contributed by atoms with Crippen LogP contribution in [-0.2, 0) is 4.79 Å². The third-order valence-corrected chi connectivity index (χ3v) is 2.75. The Labute approximate surface area is 101 Å². The Balaban J connectivity index is 2.76. The van der Waals surface area contributed by atoms with Crippen molar-refractivity contribution in [2.75, 3.05) is 13.1 Å². The Morgan fingerprint density at radius 1 is 1.41 bits per heavy atom. The number of hydrogen-bond acceptors (Lipinski definition) is 4. The summed E-state index contributed by atoms with van der Waals surface area (Å²) in [4.78, 5) is 17.4. The minimum atomic E-state index is -0.994. The molecule has 1 aromatic heterocycles. The number of aliphatic hydroxyl groups is 1. The first kappa shape index (κ1) is 13.6. The normalized spacial score (nSPS) is 14.1. The molecule has 1 heterocycles. The van der Waals surface area contributed by atoms with Gasteiger partial charge in [-0.25, -0.2) is 0 Å². The van der Waals surface area contributed by atoms with E-state index in [0.29, 0.717) is 18.7 Å². The van der Waals surface area contributed by atoms with Gasteiger partial charge < -0.3 is 15.7 Å². The van der Waals surface area contributed by atoms with Crippen LogP contribution in [0.4, 0.5) is 0 Å². The lowest BCUT2D eigenvalue weighted by molar-refractivity contribution is -0.134. The van der Waals surface area contributed by atoms with E-state index in [9.17, 15) is 9.90 Å². The van der Waals surface area contributed by atoms with E-state index in [4.69, 9.17) is 5.73 Å². The van der Waals surface area contributed by atoms with Crippen LogP contribution in [-0.4, -0.2) is 40.0 Å². The van der Waals surface area contributed by atoms with Crippen molar-refractivity contribution in [3.63, 3.8) is 0 Å². The number of nitrogens with zero attached hydrogens (tertiary/aromatic N) is 2. The quantitative estimate of drug-likeness (QED) is 0.772. The van der Waals surface area contributed by atoms with E-state index in [1.807, 2.05) is 13.8 Å². The zero-order valence-corrected chi connectivity index (χ0v) is 10.2. The highest BCUT2D eigenvalue weighted by Gasteiger charge is 2.26. The second kappa shape index (κ2) is 6.32. The van der Waals surface area contributed by atoms with Crippen molar-refractivity contribution in [3.8, 4) is 0 Å². The summed E-state index contributed by atoms with van der Waals surface area (Å²) in [5.74, 6) is -0.237. The fourth-order valence-corrected chi connectivity index (χ4v) is 1.65. The molecule has 0 aliphatic carbocycles. The molecule has 5 heteroatoms. The van der Waals surface area contributed by atoms with Gasteiger partial charge in [0, 0.05) is 25.5 Å². The molecule has 1 amide bonds. The largest absolute Gasteiger partial charge is 0.386 e. The molecule has 0 aromatic carbocycles. The molecular weight excluding hydrogens is 218 g/mol. The maximum atomic E-state index is 11.9. The Morgan fingerprint density at radius 2 is 1.94 bits per heavy atom. The maximum Gasteiger partial charge on any atom is 0.242 e. The van der Waals surface area contributed by atoms with E-state index in [0.717, 1.165) is 0 Å². The molecule has 0 saturated carbocycles. The summed E-state index contributed by atoms with van der Waals surface area (Å²) in [6.45, 7) is 4.94. The van der Waals surface area contributed by atoms with Gasteiger partial charge >= 0.3 is 0 Å². The second-order valence-corrected chi connectivity index (χ2v) is 3.76. The van der Waals surface area contributed by atoms with Crippen molar-refractivity contribution >= 4 is 5.91 Å². The summed E-state index contributed by atoms with van der Waals surface area (Å²) in [5.41, 5.74) is 6.39. The zero-order chi connectivity index (χ0) is 12.8. The van der Waals surface area contributed by atoms with Gasteiger partial charge in [-0.05, 0) is 31.5 Å². The highest BCUT2D eigenvalue weighted by atomic mass is 16.3. The van der Waals surface area contributed by atoms with Crippen LogP contribution in [0.15, 0.2) is 24.5 Å². The SMILES string of the molecule is CCN(CC)C(=O)C(N)C(O)c1ccncc1. The first-order valence-electron chi connectivity index (χ1n) is 5.74. The van der Waals surface area contributed by atoms with E-state index in [-0.39, 0.29) is 5.91 Å². The van der Waals surface area contributed by atoms with Crippen LogP contribution in [0.5, 0.6) is 0 Å². The van der Waals surface area contributed by atoms with Gasteiger partial charge in [-0.1, -0.05) is 0 Å². The van der Waals surface area contributed by atoms with E-state index in [2.05, 4.69) is 4.98 Å². The number of aliphatic hydroxyl groups excluding tert-OH is 1. The topological polar surface area (TPSA) is 79.5 Å². The van der Waals surface area contributed by atoms with Crippen LogP contribution in [0.1, 0.15) is 25.5 Å². The first-order valence-corrected chi connectivity index (χ1v) is 5.74. The number of rotatable bonds is 5. The van der Waals surface area contributed by atoms with Crippen LogP contribution in [0, 0.1) is 0 Å². The van der Waals surface area contributed by atoms with Gasteiger partial charge in [0.2, 0.25) is 5.91 Å². The first-order chi connectivity index (χ1) is 8.11. The van der Waals surface area contributed by atoms with Crippen molar-refractivity contribution in [1.29, 1.82) is 0 Å². The summed E-state index contributed by atoms with van der Waals surface area (Å²) in [6.07, 6.45) is 2.13. The Bertz CT molecular complexity index is 352. The number of hydrogen-bond donors (Lipinski definition) is 2. The lowest BCUT2D eigenvalue weighted by atomic mass is 10.0. The number of carbonyl (C=O) groups is 1. The van der Waals surface area contributed by atoms with Gasteiger partial charge in [0.1, 0.15) is 12.1 Å². The third-order valence-electron chi connectivity index (χ3n) is 2.75. The van der Waals surface area contributed by atoms with Crippen molar-refractivity contribution in [1.82, 2.24) is 9.88 Å². The van der Waals surface area contributed by atoms with Crippen molar-refractivity contribution in [2.45, 2.75) is 26.0 Å². The summed E-state index contributed by atoms with van der Waals surface area (Å²) >= 11 is 0. The fourth-order valence-electron chi connectivity index (χ4n) is 1.65. The molecule has 2 unspecified atom stereocenters. The van der Waals surface area contributed by atoms with Gasteiger partial charge in [0.05, 0.1) is 0 Å². The van der Waals surface area contributed by atoms with Crippen molar-refractivity contribution in [3.05, 3.63) is 30.1 Å². The van der Waals surface area contributed by atoms with Gasteiger partial charge in [0.15, 0.2) is 0 Å². The molecule has 94 valence electrons. The monoisotopic (exact) mass is 237 g/mol. The number of carbonyl (C=O) groups excluding carboxylic acids is 1. The molecule has 0 radical (unpaired) electrons. The third kappa shape index (κ3) is 3.25. The second-order valence-electron chi connectivity index (χ2n) is 3.76. The molecule has 0 aliphatic heterocycles. The molecule has 0 saturated heterocycles. The lowest BCUT2D eigenvalue weighted by Gasteiger charge is -2.25. The predicted octanol–water partition coefficient (Wildman–Crippen LogP) is 0.311. The van der Waals surface area contributed by atoms with Crippen LogP contribution >= 0.6 is 0 Å². The van der Waals surface area contributed by atoms with Gasteiger partial charge in [0.25, 0.3) is 0 Å². The Kier molecular flexibility index (Phi) is 5.06. The smallest absolute Gasteiger partial charge is 0.242 e. The molecule has 0 fully saturated rings. The van der Waals surface area contributed by atoms with Gasteiger partial charge in [-0.3, -0.25) is 9.78 Å². The number of pyridine rings is 1. The number of aromatic nitrogens is 1. The molecule has 0 aliphatic rings. The molecule has 0 bridgehead atoms. The molecule has 1 aromatic rings. The molecule has 17 heavy (non-hydrogen) atoms. The Morgan fingerprint density at radius 3 is 2.41 bits per heavy atom. The zero-order valence-electron chi connectivity index (χ0n) is 10.2. The molecule has 1 rings (SSSR count). The summed E-state index contributed by atoms with van der Waals surface area (Å²) in [5, 5.41) is 10.00. The highest BCUT2D eigenvalue weighted by Crippen LogP contribution is 2.15. The van der Waals surface area contributed by atoms with E-state index >= 15 is 0 Å². The van der Waals surface area contributed by atoms with Crippen LogP contribution in [0.3, 0.4) is 0 Å². The molecule has 2 atom stereocenters. The van der Waals surface area contributed by atoms with Gasteiger partial charge in [-0.15, -0.1) is 0 Å². The molecule has 5 nitrogen and oxygen atoms in total. The maximum absolute atomic E-state index is 11.9. The van der Waals surface area contributed by atoms with Crippen molar-refractivity contribution < 1.29 is 9.90 Å². The minimum absolute atomic E-state index is 0.237. The van der Waals surface area contributed by atoms with E-state index in [1.54, 1.807) is 29.4 Å². The molecule has 3 N–H and O–H groups in total. The lowest BCUT2D eigenvalue weighted by Crippen LogP contribution is -2.46.